The van der Waals surface area contributed by atoms with E-state index < -0.39 is 0 Å². The standard InChI is InChI=1S/C21H19N3O2/c1-3-24(14(2)16-10-8-15(13-22)9-11-16)21(26)18-12-20(25)23-19-7-5-4-6-17(18)19/h4-12,14H,3H2,1-2H3,(H,23,25). The molecule has 0 spiro atoms. The van der Waals surface area contributed by atoms with E-state index in [1.54, 1.807) is 23.1 Å². The predicted molar refractivity (Wildman–Crippen MR) is 101 cm³/mol. The molecule has 1 aromatic heterocycles. The van der Waals surface area contributed by atoms with Gasteiger partial charge in [0.1, 0.15) is 0 Å². The number of rotatable bonds is 4. The fraction of sp³-hybridized carbons (Fsp3) is 0.190. The van der Waals surface area contributed by atoms with Crippen LogP contribution >= 0.6 is 0 Å². The smallest absolute Gasteiger partial charge is 0.255 e. The molecule has 5 nitrogen and oxygen atoms in total. The molecule has 3 aromatic rings. The zero-order valence-electron chi connectivity index (χ0n) is 14.7. The largest absolute Gasteiger partial charge is 0.332 e. The molecule has 1 heterocycles. The molecule has 130 valence electrons. The van der Waals surface area contributed by atoms with Gasteiger partial charge in [-0.2, -0.15) is 5.26 Å². The summed E-state index contributed by atoms with van der Waals surface area (Å²) in [7, 11) is 0. The van der Waals surface area contributed by atoms with Gasteiger partial charge in [-0.1, -0.05) is 30.3 Å². The number of nitriles is 1. The van der Waals surface area contributed by atoms with Gasteiger partial charge in [0, 0.05) is 23.5 Å². The Kier molecular flexibility index (Phi) is 4.85. The summed E-state index contributed by atoms with van der Waals surface area (Å²) in [5, 5.41) is 9.66. The molecule has 1 N–H and O–H groups in total. The van der Waals surface area contributed by atoms with E-state index >= 15 is 0 Å². The molecule has 1 atom stereocenters. The van der Waals surface area contributed by atoms with Crippen LogP contribution in [0.1, 0.15) is 41.4 Å². The van der Waals surface area contributed by atoms with E-state index in [2.05, 4.69) is 11.1 Å². The van der Waals surface area contributed by atoms with E-state index in [4.69, 9.17) is 5.26 Å². The zero-order valence-corrected chi connectivity index (χ0v) is 14.7. The number of nitrogens with zero attached hydrogens (tertiary/aromatic N) is 2. The van der Waals surface area contributed by atoms with Gasteiger partial charge in [0.05, 0.1) is 23.2 Å². The molecule has 26 heavy (non-hydrogen) atoms. The average molecular weight is 345 g/mol. The topological polar surface area (TPSA) is 77.0 Å². The van der Waals surface area contributed by atoms with Crippen LogP contribution in [0.5, 0.6) is 0 Å². The molecular weight excluding hydrogens is 326 g/mol. The number of nitrogens with one attached hydrogen (secondary N) is 1. The van der Waals surface area contributed by atoms with Crippen molar-refractivity contribution in [1.29, 1.82) is 5.26 Å². The van der Waals surface area contributed by atoms with Gasteiger partial charge >= 0.3 is 0 Å². The molecule has 0 aliphatic heterocycles. The Morgan fingerprint density at radius 2 is 1.88 bits per heavy atom. The summed E-state index contributed by atoms with van der Waals surface area (Å²) < 4.78 is 0. The number of amides is 1. The Bertz CT molecular complexity index is 1050. The molecule has 0 radical (unpaired) electrons. The number of aromatic amines is 1. The van der Waals surface area contributed by atoms with E-state index in [1.165, 1.54) is 6.07 Å². The quantitative estimate of drug-likeness (QED) is 0.784. The van der Waals surface area contributed by atoms with E-state index in [1.807, 2.05) is 44.2 Å². The Hall–Kier alpha value is -3.39. The lowest BCUT2D eigenvalue weighted by Gasteiger charge is -2.29. The number of hydrogen-bond acceptors (Lipinski definition) is 3. The van der Waals surface area contributed by atoms with E-state index in [9.17, 15) is 9.59 Å². The van der Waals surface area contributed by atoms with Gasteiger partial charge in [-0.05, 0) is 37.6 Å². The number of hydrogen-bond donors (Lipinski definition) is 1. The van der Waals surface area contributed by atoms with Crippen molar-refractivity contribution in [3.05, 3.63) is 81.6 Å². The Balaban J connectivity index is 2.01. The first-order valence-electron chi connectivity index (χ1n) is 8.48. The van der Waals surface area contributed by atoms with Gasteiger partial charge in [-0.25, -0.2) is 0 Å². The van der Waals surface area contributed by atoms with Crippen molar-refractivity contribution >= 4 is 16.8 Å². The fourth-order valence-electron chi connectivity index (χ4n) is 3.15. The first-order valence-corrected chi connectivity index (χ1v) is 8.48. The monoisotopic (exact) mass is 345 g/mol. The van der Waals surface area contributed by atoms with Crippen molar-refractivity contribution in [2.24, 2.45) is 0 Å². The highest BCUT2D eigenvalue weighted by molar-refractivity contribution is 6.06. The highest BCUT2D eigenvalue weighted by Crippen LogP contribution is 2.24. The lowest BCUT2D eigenvalue weighted by atomic mass is 10.0. The molecule has 2 aromatic carbocycles. The number of carbonyl (C=O) groups is 1. The van der Waals surface area contributed by atoms with Crippen molar-refractivity contribution in [1.82, 2.24) is 9.88 Å². The molecule has 5 heteroatoms. The van der Waals surface area contributed by atoms with Crippen molar-refractivity contribution < 1.29 is 4.79 Å². The van der Waals surface area contributed by atoms with Crippen LogP contribution in [0.15, 0.2) is 59.4 Å². The minimum atomic E-state index is -0.297. The number of pyridine rings is 1. The van der Waals surface area contributed by atoms with Crippen LogP contribution in [0, 0.1) is 11.3 Å². The van der Waals surface area contributed by atoms with Crippen LogP contribution < -0.4 is 5.56 Å². The second kappa shape index (κ2) is 7.24. The molecule has 0 saturated heterocycles. The van der Waals surface area contributed by atoms with E-state index in [0.29, 0.717) is 23.2 Å². The Morgan fingerprint density at radius 1 is 1.19 bits per heavy atom. The third-order valence-electron chi connectivity index (χ3n) is 4.57. The summed E-state index contributed by atoms with van der Waals surface area (Å²) in [5.74, 6) is -0.188. The number of carbonyl (C=O) groups excluding carboxylic acids is 1. The van der Waals surface area contributed by atoms with Gasteiger partial charge in [0.25, 0.3) is 5.91 Å². The molecule has 0 fully saturated rings. The van der Waals surface area contributed by atoms with Crippen molar-refractivity contribution in [3.63, 3.8) is 0 Å². The summed E-state index contributed by atoms with van der Waals surface area (Å²) in [6, 6.07) is 17.8. The van der Waals surface area contributed by atoms with Gasteiger partial charge in [-0.15, -0.1) is 0 Å². The van der Waals surface area contributed by atoms with E-state index in [0.717, 1.165) is 10.9 Å². The molecule has 0 aliphatic rings. The number of fused-ring (bicyclic) bond motifs is 1. The molecule has 0 aliphatic carbocycles. The molecule has 0 bridgehead atoms. The Labute approximate surface area is 151 Å². The lowest BCUT2D eigenvalue weighted by molar-refractivity contribution is 0.0704. The summed E-state index contributed by atoms with van der Waals surface area (Å²) >= 11 is 0. The van der Waals surface area contributed by atoms with Crippen LogP contribution in [0.25, 0.3) is 10.9 Å². The molecule has 3 rings (SSSR count). The normalized spacial score (nSPS) is 11.7. The maximum absolute atomic E-state index is 13.2. The summed E-state index contributed by atoms with van der Waals surface area (Å²) in [6.45, 7) is 4.35. The van der Waals surface area contributed by atoms with Crippen LogP contribution in [-0.4, -0.2) is 22.3 Å². The predicted octanol–water partition coefficient (Wildman–Crippen LogP) is 3.62. The van der Waals surface area contributed by atoms with Gasteiger partial charge in [-0.3, -0.25) is 9.59 Å². The SMILES string of the molecule is CCN(C(=O)c1cc(=O)[nH]c2ccccc12)C(C)c1ccc(C#N)cc1. The highest BCUT2D eigenvalue weighted by atomic mass is 16.2. The second-order valence-electron chi connectivity index (χ2n) is 6.09. The van der Waals surface area contributed by atoms with Crippen molar-refractivity contribution in [2.45, 2.75) is 19.9 Å². The molecule has 0 saturated carbocycles. The van der Waals surface area contributed by atoms with E-state index in [-0.39, 0.29) is 17.5 Å². The number of aromatic nitrogens is 1. The van der Waals surface area contributed by atoms with Gasteiger partial charge in [0.2, 0.25) is 5.56 Å². The molecule has 1 unspecified atom stereocenters. The van der Waals surface area contributed by atoms with Crippen LogP contribution in [-0.2, 0) is 0 Å². The maximum Gasteiger partial charge on any atom is 0.255 e. The lowest BCUT2D eigenvalue weighted by Crippen LogP contribution is -2.34. The summed E-state index contributed by atoms with van der Waals surface area (Å²) in [5.41, 5.74) is 2.26. The second-order valence-corrected chi connectivity index (χ2v) is 6.09. The van der Waals surface area contributed by atoms with Crippen LogP contribution in [0.4, 0.5) is 0 Å². The number of H-pyrrole nitrogens is 1. The summed E-state index contributed by atoms with van der Waals surface area (Å²) in [4.78, 5) is 29.7. The minimum absolute atomic E-state index is 0.182. The molecule has 1 amide bonds. The number of benzene rings is 2. The van der Waals surface area contributed by atoms with Gasteiger partial charge in [0.15, 0.2) is 0 Å². The van der Waals surface area contributed by atoms with Crippen LogP contribution in [0.2, 0.25) is 0 Å². The Morgan fingerprint density at radius 3 is 2.54 bits per heavy atom. The first-order chi connectivity index (χ1) is 12.5. The first kappa shape index (κ1) is 17.4. The summed E-state index contributed by atoms with van der Waals surface area (Å²) in [6.07, 6.45) is 0. The van der Waals surface area contributed by atoms with Crippen molar-refractivity contribution in [3.8, 4) is 6.07 Å². The fourth-order valence-corrected chi connectivity index (χ4v) is 3.15. The average Bonchev–Trinajstić information content (AvgIpc) is 2.67. The number of para-hydroxylation sites is 1. The third kappa shape index (κ3) is 3.22. The van der Waals surface area contributed by atoms with Gasteiger partial charge < -0.3 is 9.88 Å². The van der Waals surface area contributed by atoms with Crippen LogP contribution in [0.3, 0.4) is 0 Å². The zero-order chi connectivity index (χ0) is 18.7. The minimum Gasteiger partial charge on any atom is -0.332 e. The maximum atomic E-state index is 13.2. The molecular formula is C21H19N3O2. The third-order valence-corrected chi connectivity index (χ3v) is 4.57. The highest BCUT2D eigenvalue weighted by Gasteiger charge is 2.23. The van der Waals surface area contributed by atoms with Crippen molar-refractivity contribution in [2.75, 3.05) is 6.54 Å².